The molecule has 0 amide bonds. The Kier molecular flexibility index (Phi) is 3.62. The topological polar surface area (TPSA) is 43.1 Å². The maximum absolute atomic E-state index is 12.3. The zero-order valence-corrected chi connectivity index (χ0v) is 12.0. The van der Waals surface area contributed by atoms with Gasteiger partial charge in [-0.1, -0.05) is 18.2 Å². The fraction of sp³-hybridized carbons (Fsp3) is 0.200. The van der Waals surface area contributed by atoms with Crippen LogP contribution in [0.25, 0.3) is 0 Å². The van der Waals surface area contributed by atoms with Crippen molar-refractivity contribution >= 4 is 28.2 Å². The molecule has 0 fully saturated rings. The molecule has 3 rings (SSSR count). The Morgan fingerprint density at radius 1 is 1.16 bits per heavy atom. The Hall–Kier alpha value is -1.26. The van der Waals surface area contributed by atoms with Crippen molar-refractivity contribution < 1.29 is 4.21 Å². The lowest BCUT2D eigenvalue weighted by Crippen LogP contribution is -2.12. The first-order valence-electron chi connectivity index (χ1n) is 6.21. The largest absolute Gasteiger partial charge is 0.399 e. The Bertz CT molecular complexity index is 585. The minimum absolute atomic E-state index is 0.413. The third-order valence-corrected chi connectivity index (χ3v) is 6.23. The highest BCUT2D eigenvalue weighted by atomic mass is 32.2. The molecule has 2 aromatic rings. The molecule has 0 saturated carbocycles. The molecule has 98 valence electrons. The highest BCUT2D eigenvalue weighted by molar-refractivity contribution is 8.01. The van der Waals surface area contributed by atoms with Crippen molar-refractivity contribution in [3.05, 3.63) is 54.1 Å². The molecular formula is C15H15NOS2. The monoisotopic (exact) mass is 289 g/mol. The van der Waals surface area contributed by atoms with Crippen molar-refractivity contribution in [3.8, 4) is 0 Å². The van der Waals surface area contributed by atoms with Gasteiger partial charge in [0.25, 0.3) is 0 Å². The third kappa shape index (κ3) is 2.85. The van der Waals surface area contributed by atoms with Gasteiger partial charge in [0.15, 0.2) is 0 Å². The van der Waals surface area contributed by atoms with Crippen LogP contribution in [0.4, 0.5) is 5.69 Å². The first kappa shape index (κ1) is 12.8. The minimum Gasteiger partial charge on any atom is -0.399 e. The van der Waals surface area contributed by atoms with E-state index in [9.17, 15) is 4.21 Å². The molecule has 0 radical (unpaired) electrons. The number of hydrogen-bond acceptors (Lipinski definition) is 3. The average molecular weight is 289 g/mol. The van der Waals surface area contributed by atoms with Gasteiger partial charge in [-0.2, -0.15) is 0 Å². The molecule has 1 aliphatic rings. The van der Waals surface area contributed by atoms with Gasteiger partial charge < -0.3 is 5.73 Å². The molecule has 0 bridgehead atoms. The van der Waals surface area contributed by atoms with Gasteiger partial charge in [-0.3, -0.25) is 4.21 Å². The summed E-state index contributed by atoms with van der Waals surface area (Å²) in [6.07, 6.45) is 1.02. The highest BCUT2D eigenvalue weighted by Gasteiger charge is 2.23. The van der Waals surface area contributed by atoms with Crippen molar-refractivity contribution in [2.75, 3.05) is 11.5 Å². The summed E-state index contributed by atoms with van der Waals surface area (Å²) in [5.74, 6) is 0.698. The van der Waals surface area contributed by atoms with E-state index in [1.165, 1.54) is 10.5 Å². The van der Waals surface area contributed by atoms with Gasteiger partial charge in [-0.05, 0) is 42.3 Å². The van der Waals surface area contributed by atoms with Crippen molar-refractivity contribution in [1.29, 1.82) is 0 Å². The lowest BCUT2D eigenvalue weighted by atomic mass is 10.1. The van der Waals surface area contributed by atoms with E-state index in [1.54, 1.807) is 0 Å². The van der Waals surface area contributed by atoms with Gasteiger partial charge in [0, 0.05) is 26.5 Å². The zero-order valence-electron chi connectivity index (χ0n) is 10.4. The van der Waals surface area contributed by atoms with Crippen LogP contribution in [0.1, 0.15) is 5.56 Å². The Balaban J connectivity index is 1.67. The number of fused-ring (bicyclic) bond motifs is 1. The number of nitrogens with two attached hydrogens (primary N) is 1. The molecule has 2 aromatic carbocycles. The lowest BCUT2D eigenvalue weighted by molar-refractivity contribution is 0.681. The van der Waals surface area contributed by atoms with Gasteiger partial charge in [-0.25, -0.2) is 0 Å². The van der Waals surface area contributed by atoms with Crippen molar-refractivity contribution in [2.45, 2.75) is 21.5 Å². The normalized spacial score (nSPS) is 19.1. The smallest absolute Gasteiger partial charge is 0.0540 e. The summed E-state index contributed by atoms with van der Waals surface area (Å²) in [6.45, 7) is 0. The summed E-state index contributed by atoms with van der Waals surface area (Å²) >= 11 is 1.84. The van der Waals surface area contributed by atoms with E-state index in [2.05, 4.69) is 24.3 Å². The summed E-state index contributed by atoms with van der Waals surface area (Å²) < 4.78 is 12.3. The number of hydrogen-bond donors (Lipinski definition) is 1. The van der Waals surface area contributed by atoms with Gasteiger partial charge in [0.1, 0.15) is 0 Å². The Labute approximate surface area is 119 Å². The molecule has 2 nitrogen and oxygen atoms in total. The Morgan fingerprint density at radius 2 is 1.89 bits per heavy atom. The summed E-state index contributed by atoms with van der Waals surface area (Å²) in [5, 5.41) is 0.413. The number of nitrogen functional groups attached to an aromatic ring is 1. The molecular weight excluding hydrogens is 274 g/mol. The summed E-state index contributed by atoms with van der Waals surface area (Å²) in [4.78, 5) is 2.20. The number of anilines is 1. The summed E-state index contributed by atoms with van der Waals surface area (Å²) in [6, 6.07) is 15.8. The van der Waals surface area contributed by atoms with Gasteiger partial charge in [0.2, 0.25) is 0 Å². The summed E-state index contributed by atoms with van der Waals surface area (Å²) in [7, 11) is -0.946. The van der Waals surface area contributed by atoms with Crippen LogP contribution in [0.3, 0.4) is 0 Å². The molecule has 0 saturated heterocycles. The molecule has 0 aromatic heterocycles. The highest BCUT2D eigenvalue weighted by Crippen LogP contribution is 2.37. The van der Waals surface area contributed by atoms with E-state index in [-0.39, 0.29) is 0 Å². The SMILES string of the molecule is Nc1ccc(S(=O)CC2Cc3ccccc3S2)cc1. The van der Waals surface area contributed by atoms with E-state index >= 15 is 0 Å². The lowest BCUT2D eigenvalue weighted by Gasteiger charge is -2.08. The predicted molar refractivity (Wildman–Crippen MR) is 81.9 cm³/mol. The van der Waals surface area contributed by atoms with Crippen LogP contribution in [0.2, 0.25) is 0 Å². The van der Waals surface area contributed by atoms with Gasteiger partial charge in [-0.15, -0.1) is 11.8 Å². The molecule has 0 aliphatic carbocycles. The molecule has 0 spiro atoms. The second kappa shape index (κ2) is 5.39. The van der Waals surface area contributed by atoms with Crippen LogP contribution < -0.4 is 5.73 Å². The molecule has 1 heterocycles. The van der Waals surface area contributed by atoms with Crippen LogP contribution in [0.5, 0.6) is 0 Å². The quantitative estimate of drug-likeness (QED) is 0.883. The van der Waals surface area contributed by atoms with E-state index in [1.807, 2.05) is 36.0 Å². The first-order valence-corrected chi connectivity index (χ1v) is 8.41. The molecule has 2 atom stereocenters. The molecule has 4 heteroatoms. The molecule has 1 aliphatic heterocycles. The summed E-state index contributed by atoms with van der Waals surface area (Å²) in [5.41, 5.74) is 7.74. The number of rotatable bonds is 3. The van der Waals surface area contributed by atoms with Crippen molar-refractivity contribution in [3.63, 3.8) is 0 Å². The molecule has 2 N–H and O–H groups in total. The fourth-order valence-corrected chi connectivity index (χ4v) is 5.04. The number of thioether (sulfide) groups is 1. The zero-order chi connectivity index (χ0) is 13.2. The average Bonchev–Trinajstić information content (AvgIpc) is 2.81. The van der Waals surface area contributed by atoms with E-state index < -0.39 is 10.8 Å². The predicted octanol–water partition coefficient (Wildman–Crippen LogP) is 3.09. The third-order valence-electron chi connectivity index (χ3n) is 3.19. The minimum atomic E-state index is -0.946. The van der Waals surface area contributed by atoms with Crippen molar-refractivity contribution in [1.82, 2.24) is 0 Å². The number of benzene rings is 2. The van der Waals surface area contributed by atoms with Crippen LogP contribution >= 0.6 is 11.8 Å². The molecule has 2 unspecified atom stereocenters. The fourth-order valence-electron chi connectivity index (χ4n) is 2.23. The van der Waals surface area contributed by atoms with E-state index in [4.69, 9.17) is 5.73 Å². The van der Waals surface area contributed by atoms with Crippen LogP contribution in [0, 0.1) is 0 Å². The van der Waals surface area contributed by atoms with Crippen LogP contribution in [0.15, 0.2) is 58.3 Å². The van der Waals surface area contributed by atoms with Crippen LogP contribution in [-0.4, -0.2) is 15.2 Å². The van der Waals surface area contributed by atoms with Gasteiger partial charge in [0.05, 0.1) is 10.8 Å². The van der Waals surface area contributed by atoms with Crippen LogP contribution in [-0.2, 0) is 17.2 Å². The molecule has 19 heavy (non-hydrogen) atoms. The maximum Gasteiger partial charge on any atom is 0.0540 e. The van der Waals surface area contributed by atoms with E-state index in [0.29, 0.717) is 16.7 Å². The second-order valence-electron chi connectivity index (χ2n) is 4.63. The van der Waals surface area contributed by atoms with Gasteiger partial charge >= 0.3 is 0 Å². The maximum atomic E-state index is 12.3. The standard InChI is InChI=1S/C15H15NOS2/c16-12-5-7-14(8-6-12)19(17)10-13-9-11-3-1-2-4-15(11)18-13/h1-8,13H,9-10,16H2. The Morgan fingerprint density at radius 3 is 2.63 bits per heavy atom. The first-order chi connectivity index (χ1) is 9.22. The van der Waals surface area contributed by atoms with Crippen molar-refractivity contribution in [2.24, 2.45) is 0 Å². The second-order valence-corrected chi connectivity index (χ2v) is 7.47. The van der Waals surface area contributed by atoms with E-state index in [0.717, 1.165) is 11.3 Å².